The molecule has 5 heteroatoms. The lowest BCUT2D eigenvalue weighted by Crippen LogP contribution is -2.26. The third-order valence-corrected chi connectivity index (χ3v) is 2.39. The second-order valence-corrected chi connectivity index (χ2v) is 3.98. The van der Waals surface area contributed by atoms with Crippen molar-refractivity contribution < 1.29 is 18.7 Å². The van der Waals surface area contributed by atoms with E-state index in [-0.39, 0.29) is 18.4 Å². The molecule has 1 unspecified atom stereocenters. The lowest BCUT2D eigenvalue weighted by atomic mass is 10.1. The normalized spacial score (nSPS) is 13.8. The lowest BCUT2D eigenvalue weighted by molar-refractivity contribution is -0.150. The number of carbonyl (C=O) groups excluding carboxylic acids is 1. The number of hydrogen-bond donors (Lipinski definition) is 1. The molecule has 0 saturated heterocycles. The molecule has 0 aliphatic rings. The van der Waals surface area contributed by atoms with Gasteiger partial charge in [-0.1, -0.05) is 6.07 Å². The zero-order valence-electron chi connectivity index (χ0n) is 10.8. The van der Waals surface area contributed by atoms with Crippen molar-refractivity contribution in [3.63, 3.8) is 0 Å². The Balaban J connectivity index is 2.74. The van der Waals surface area contributed by atoms with Gasteiger partial charge in [-0.3, -0.25) is 0 Å². The highest BCUT2D eigenvalue weighted by Gasteiger charge is 2.16. The van der Waals surface area contributed by atoms with Gasteiger partial charge in [0.1, 0.15) is 11.6 Å². The van der Waals surface area contributed by atoms with E-state index in [9.17, 15) is 9.18 Å². The second-order valence-electron chi connectivity index (χ2n) is 3.98. The molecule has 0 heterocycles. The monoisotopic (exact) mass is 255 g/mol. The summed E-state index contributed by atoms with van der Waals surface area (Å²) in [5.74, 6) is -0.648. The third kappa shape index (κ3) is 3.70. The number of benzene rings is 1. The van der Waals surface area contributed by atoms with Crippen LogP contribution in [0.3, 0.4) is 0 Å². The topological polar surface area (TPSA) is 61.5 Å². The van der Waals surface area contributed by atoms with Crippen LogP contribution < -0.4 is 10.5 Å². The van der Waals surface area contributed by atoms with Crippen molar-refractivity contribution in [2.75, 3.05) is 6.61 Å². The molecular formula is C13H18FNO3. The highest BCUT2D eigenvalue weighted by atomic mass is 19.1. The van der Waals surface area contributed by atoms with Crippen molar-refractivity contribution in [1.29, 1.82) is 0 Å². The van der Waals surface area contributed by atoms with E-state index in [2.05, 4.69) is 0 Å². The summed E-state index contributed by atoms with van der Waals surface area (Å²) in [7, 11) is 0. The first-order valence-electron chi connectivity index (χ1n) is 5.84. The molecule has 0 radical (unpaired) electrons. The molecule has 1 rings (SSSR count). The molecular weight excluding hydrogens is 237 g/mol. The quantitative estimate of drug-likeness (QED) is 0.819. The molecule has 100 valence electrons. The fourth-order valence-corrected chi connectivity index (χ4v) is 1.46. The van der Waals surface area contributed by atoms with Crippen LogP contribution in [0.1, 0.15) is 32.4 Å². The Hall–Kier alpha value is -1.62. The third-order valence-electron chi connectivity index (χ3n) is 2.39. The van der Waals surface area contributed by atoms with E-state index in [0.717, 1.165) is 0 Å². The van der Waals surface area contributed by atoms with Crippen molar-refractivity contribution in [3.05, 3.63) is 29.6 Å². The van der Waals surface area contributed by atoms with E-state index >= 15 is 0 Å². The fourth-order valence-electron chi connectivity index (χ4n) is 1.46. The van der Waals surface area contributed by atoms with E-state index in [1.807, 2.05) is 0 Å². The van der Waals surface area contributed by atoms with Crippen LogP contribution in [0.2, 0.25) is 0 Å². The van der Waals surface area contributed by atoms with E-state index in [1.54, 1.807) is 32.9 Å². The van der Waals surface area contributed by atoms with Crippen LogP contribution in [-0.2, 0) is 9.53 Å². The van der Waals surface area contributed by atoms with Gasteiger partial charge < -0.3 is 15.2 Å². The Labute approximate surface area is 106 Å². The minimum atomic E-state index is -0.773. The van der Waals surface area contributed by atoms with E-state index in [1.165, 1.54) is 6.07 Å². The van der Waals surface area contributed by atoms with Gasteiger partial charge in [-0.15, -0.1) is 0 Å². The van der Waals surface area contributed by atoms with Gasteiger partial charge in [0.2, 0.25) is 0 Å². The zero-order chi connectivity index (χ0) is 13.7. The van der Waals surface area contributed by atoms with Gasteiger partial charge in [0.05, 0.1) is 6.61 Å². The van der Waals surface area contributed by atoms with E-state index < -0.39 is 17.9 Å². The van der Waals surface area contributed by atoms with E-state index in [4.69, 9.17) is 15.2 Å². The maximum atomic E-state index is 13.6. The highest BCUT2D eigenvalue weighted by Crippen LogP contribution is 2.21. The first kappa shape index (κ1) is 14.4. The highest BCUT2D eigenvalue weighted by molar-refractivity contribution is 5.74. The summed E-state index contributed by atoms with van der Waals surface area (Å²) in [6, 6.07) is 3.96. The summed E-state index contributed by atoms with van der Waals surface area (Å²) < 4.78 is 23.7. The number of halogens is 1. The van der Waals surface area contributed by atoms with Gasteiger partial charge in [-0.2, -0.15) is 0 Å². The minimum Gasteiger partial charge on any atom is -0.479 e. The van der Waals surface area contributed by atoms with Gasteiger partial charge in [-0.05, 0) is 26.8 Å². The van der Waals surface area contributed by atoms with Crippen LogP contribution in [0.4, 0.5) is 4.39 Å². The largest absolute Gasteiger partial charge is 0.479 e. The summed E-state index contributed by atoms with van der Waals surface area (Å²) in [5, 5.41) is 0. The molecule has 2 atom stereocenters. The Morgan fingerprint density at radius 1 is 1.44 bits per heavy atom. The minimum absolute atomic E-state index is 0.275. The second kappa shape index (κ2) is 6.35. The summed E-state index contributed by atoms with van der Waals surface area (Å²) in [6.07, 6.45) is -0.773. The molecule has 1 aromatic rings. The SMILES string of the molecule is CCOC(=O)C(C)Oc1ccc([C@H](C)N)c(F)c1. The molecule has 1 aromatic carbocycles. The molecule has 0 amide bonds. The van der Waals surface area contributed by atoms with Crippen molar-refractivity contribution in [3.8, 4) is 5.75 Å². The van der Waals surface area contributed by atoms with Crippen LogP contribution in [0, 0.1) is 5.82 Å². The molecule has 2 N–H and O–H groups in total. The van der Waals surface area contributed by atoms with Crippen molar-refractivity contribution >= 4 is 5.97 Å². The molecule has 0 fully saturated rings. The van der Waals surface area contributed by atoms with Crippen LogP contribution in [-0.4, -0.2) is 18.7 Å². The van der Waals surface area contributed by atoms with Gasteiger partial charge >= 0.3 is 5.97 Å². The molecule has 0 aromatic heterocycles. The van der Waals surface area contributed by atoms with E-state index in [0.29, 0.717) is 5.56 Å². The molecule has 0 aliphatic carbocycles. The average molecular weight is 255 g/mol. The maximum Gasteiger partial charge on any atom is 0.347 e. The summed E-state index contributed by atoms with van der Waals surface area (Å²) in [5.41, 5.74) is 6.01. The van der Waals surface area contributed by atoms with Crippen LogP contribution in [0.5, 0.6) is 5.75 Å². The van der Waals surface area contributed by atoms with Gasteiger partial charge in [0, 0.05) is 17.7 Å². The summed E-state index contributed by atoms with van der Waals surface area (Å²) >= 11 is 0. The fraction of sp³-hybridized carbons (Fsp3) is 0.462. The molecule has 0 saturated carbocycles. The molecule has 18 heavy (non-hydrogen) atoms. The summed E-state index contributed by atoms with van der Waals surface area (Å²) in [6.45, 7) is 5.24. The Morgan fingerprint density at radius 2 is 2.11 bits per heavy atom. The number of ether oxygens (including phenoxy) is 2. The Morgan fingerprint density at radius 3 is 2.61 bits per heavy atom. The number of carbonyl (C=O) groups is 1. The van der Waals surface area contributed by atoms with Crippen LogP contribution in [0.15, 0.2) is 18.2 Å². The van der Waals surface area contributed by atoms with Gasteiger partial charge in [-0.25, -0.2) is 9.18 Å². The number of hydrogen-bond acceptors (Lipinski definition) is 4. The van der Waals surface area contributed by atoms with Gasteiger partial charge in [0.25, 0.3) is 0 Å². The predicted molar refractivity (Wildman–Crippen MR) is 65.7 cm³/mol. The molecule has 0 bridgehead atoms. The predicted octanol–water partition coefficient (Wildman–Crippen LogP) is 2.18. The summed E-state index contributed by atoms with van der Waals surface area (Å²) in [4.78, 5) is 11.3. The van der Waals surface area contributed by atoms with Gasteiger partial charge in [0.15, 0.2) is 6.10 Å². The first-order valence-corrected chi connectivity index (χ1v) is 5.84. The lowest BCUT2D eigenvalue weighted by Gasteiger charge is -2.14. The molecule has 4 nitrogen and oxygen atoms in total. The number of esters is 1. The molecule has 0 aliphatic heterocycles. The number of rotatable bonds is 5. The smallest absolute Gasteiger partial charge is 0.347 e. The van der Waals surface area contributed by atoms with Crippen molar-refractivity contribution in [2.45, 2.75) is 32.9 Å². The maximum absolute atomic E-state index is 13.6. The van der Waals surface area contributed by atoms with Crippen LogP contribution in [0.25, 0.3) is 0 Å². The van der Waals surface area contributed by atoms with Crippen molar-refractivity contribution in [1.82, 2.24) is 0 Å². The van der Waals surface area contributed by atoms with Crippen molar-refractivity contribution in [2.24, 2.45) is 5.73 Å². The number of nitrogens with two attached hydrogens (primary N) is 1. The Bertz CT molecular complexity index is 421. The Kier molecular flexibility index (Phi) is 5.09. The standard InChI is InChI=1S/C13H18FNO3/c1-4-17-13(16)9(3)18-10-5-6-11(8(2)15)12(14)7-10/h5-9H,4,15H2,1-3H3/t8-,9?/m0/s1. The average Bonchev–Trinajstić information content (AvgIpc) is 2.28. The first-order chi connectivity index (χ1) is 8.45. The van der Waals surface area contributed by atoms with Crippen LogP contribution >= 0.6 is 0 Å². The molecule has 0 spiro atoms. The zero-order valence-corrected chi connectivity index (χ0v) is 10.8.